The molecule has 0 unspecified atom stereocenters. The van der Waals surface area contributed by atoms with Crippen LogP contribution >= 0.6 is 0 Å². The molecule has 4 nitrogen and oxygen atoms in total. The first-order valence-corrected chi connectivity index (χ1v) is 7.30. The third-order valence-corrected chi connectivity index (χ3v) is 3.12. The SMILES string of the molecule is C=Cc1ccccc1C(=O)OC.CC=Cc1ccccc1C(=O)O. The second kappa shape index (κ2) is 9.79. The van der Waals surface area contributed by atoms with Crippen molar-refractivity contribution in [1.82, 2.24) is 0 Å². The van der Waals surface area contributed by atoms with E-state index in [1.54, 1.807) is 42.5 Å². The van der Waals surface area contributed by atoms with Crippen molar-refractivity contribution >= 4 is 24.1 Å². The van der Waals surface area contributed by atoms with E-state index in [1.165, 1.54) is 7.11 Å². The summed E-state index contributed by atoms with van der Waals surface area (Å²) >= 11 is 0. The van der Waals surface area contributed by atoms with Gasteiger partial charge >= 0.3 is 11.9 Å². The number of carboxylic acid groups (broad SMARTS) is 1. The Kier molecular flexibility index (Phi) is 7.71. The minimum Gasteiger partial charge on any atom is -0.478 e. The zero-order valence-corrected chi connectivity index (χ0v) is 13.7. The van der Waals surface area contributed by atoms with Crippen molar-refractivity contribution in [3.05, 3.63) is 83.4 Å². The maximum absolute atomic E-state index is 11.1. The lowest BCUT2D eigenvalue weighted by Gasteiger charge is -2.01. The minimum atomic E-state index is -0.885. The molecular formula is C20H20O4. The van der Waals surface area contributed by atoms with E-state index >= 15 is 0 Å². The monoisotopic (exact) mass is 324 g/mol. The van der Waals surface area contributed by atoms with Crippen molar-refractivity contribution in [2.45, 2.75) is 6.92 Å². The van der Waals surface area contributed by atoms with Crippen LogP contribution in [0, 0.1) is 0 Å². The molecule has 0 bridgehead atoms. The van der Waals surface area contributed by atoms with E-state index in [4.69, 9.17) is 5.11 Å². The number of ether oxygens (including phenoxy) is 1. The molecule has 0 heterocycles. The smallest absolute Gasteiger partial charge is 0.338 e. The van der Waals surface area contributed by atoms with Crippen LogP contribution in [0.3, 0.4) is 0 Å². The lowest BCUT2D eigenvalue weighted by molar-refractivity contribution is 0.0599. The van der Waals surface area contributed by atoms with Crippen LogP contribution in [0.2, 0.25) is 0 Å². The summed E-state index contributed by atoms with van der Waals surface area (Å²) in [4.78, 5) is 21.8. The predicted molar refractivity (Wildman–Crippen MR) is 96.0 cm³/mol. The third-order valence-electron chi connectivity index (χ3n) is 3.12. The van der Waals surface area contributed by atoms with Crippen molar-refractivity contribution in [2.24, 2.45) is 0 Å². The van der Waals surface area contributed by atoms with Gasteiger partial charge in [0.1, 0.15) is 0 Å². The average Bonchev–Trinajstić information content (AvgIpc) is 2.62. The Morgan fingerprint density at radius 2 is 1.54 bits per heavy atom. The van der Waals surface area contributed by atoms with Gasteiger partial charge in [-0.3, -0.25) is 0 Å². The Bertz CT molecular complexity index is 745. The minimum absolute atomic E-state index is 0.328. The number of carbonyl (C=O) groups excluding carboxylic acids is 1. The van der Waals surface area contributed by atoms with Crippen molar-refractivity contribution in [3.8, 4) is 0 Å². The van der Waals surface area contributed by atoms with E-state index in [2.05, 4.69) is 11.3 Å². The van der Waals surface area contributed by atoms with Crippen LogP contribution in [0.15, 0.2) is 61.2 Å². The molecule has 0 aliphatic carbocycles. The van der Waals surface area contributed by atoms with Gasteiger partial charge in [-0.1, -0.05) is 61.2 Å². The summed E-state index contributed by atoms with van der Waals surface area (Å²) in [7, 11) is 1.36. The van der Waals surface area contributed by atoms with Crippen LogP contribution in [0.5, 0.6) is 0 Å². The molecule has 24 heavy (non-hydrogen) atoms. The molecule has 2 aromatic carbocycles. The number of carbonyl (C=O) groups is 2. The molecule has 124 valence electrons. The number of esters is 1. The lowest BCUT2D eigenvalue weighted by atomic mass is 10.1. The molecule has 2 aromatic rings. The van der Waals surface area contributed by atoms with Gasteiger partial charge in [-0.15, -0.1) is 0 Å². The maximum Gasteiger partial charge on any atom is 0.338 e. The highest BCUT2D eigenvalue weighted by Crippen LogP contribution is 2.11. The number of aromatic carboxylic acids is 1. The van der Waals surface area contributed by atoms with Crippen LogP contribution in [-0.2, 0) is 4.74 Å². The van der Waals surface area contributed by atoms with Gasteiger partial charge in [0.25, 0.3) is 0 Å². The highest BCUT2D eigenvalue weighted by atomic mass is 16.5. The molecule has 0 aliphatic rings. The van der Waals surface area contributed by atoms with Crippen LogP contribution in [-0.4, -0.2) is 24.2 Å². The summed E-state index contributed by atoms with van der Waals surface area (Å²) in [5.74, 6) is -1.21. The Morgan fingerprint density at radius 3 is 2.04 bits per heavy atom. The van der Waals surface area contributed by atoms with E-state index in [1.807, 2.05) is 31.2 Å². The summed E-state index contributed by atoms with van der Waals surface area (Å²) in [6.45, 7) is 5.46. The van der Waals surface area contributed by atoms with Gasteiger partial charge in [0.15, 0.2) is 0 Å². The number of hydrogen-bond acceptors (Lipinski definition) is 3. The third kappa shape index (κ3) is 5.25. The standard InChI is InChI=1S/2C10H10O2/c1-3-8-6-4-5-7-9(8)10(11)12-2;1-2-5-8-6-3-4-7-9(8)10(11)12/h3-7H,1H2,2H3;2-7H,1H3,(H,11,12). The molecule has 1 N–H and O–H groups in total. The topological polar surface area (TPSA) is 63.6 Å². The Balaban J connectivity index is 0.000000240. The summed E-state index contributed by atoms with van der Waals surface area (Å²) in [5, 5.41) is 8.76. The van der Waals surface area contributed by atoms with Gasteiger partial charge in [0.05, 0.1) is 18.2 Å². The van der Waals surface area contributed by atoms with Crippen molar-refractivity contribution in [3.63, 3.8) is 0 Å². The average molecular weight is 324 g/mol. The molecule has 2 rings (SSSR count). The van der Waals surface area contributed by atoms with E-state index in [9.17, 15) is 9.59 Å². The van der Waals surface area contributed by atoms with Crippen LogP contribution < -0.4 is 0 Å². The zero-order valence-electron chi connectivity index (χ0n) is 13.7. The molecule has 0 saturated heterocycles. The molecule has 0 radical (unpaired) electrons. The number of methoxy groups -OCH3 is 1. The normalized spacial score (nSPS) is 9.75. The molecule has 0 amide bonds. The number of benzene rings is 2. The van der Waals surface area contributed by atoms with Crippen molar-refractivity contribution < 1.29 is 19.4 Å². The molecule has 4 heteroatoms. The molecule has 0 spiro atoms. The number of carboxylic acids is 1. The number of hydrogen-bond donors (Lipinski definition) is 1. The molecule has 0 aliphatic heterocycles. The zero-order chi connectivity index (χ0) is 17.9. The lowest BCUT2D eigenvalue weighted by Crippen LogP contribution is -2.02. The fraction of sp³-hybridized carbons (Fsp3) is 0.100. The summed E-state index contributed by atoms with van der Waals surface area (Å²) < 4.78 is 4.59. The van der Waals surface area contributed by atoms with Gasteiger partial charge in [-0.05, 0) is 30.2 Å². The van der Waals surface area contributed by atoms with Gasteiger partial charge in [-0.2, -0.15) is 0 Å². The van der Waals surface area contributed by atoms with Crippen LogP contribution in [0.1, 0.15) is 38.8 Å². The number of rotatable bonds is 4. The Hall–Kier alpha value is -3.14. The summed E-state index contributed by atoms with van der Waals surface area (Å²) in [5.41, 5.74) is 2.43. The second-order valence-corrected chi connectivity index (χ2v) is 4.68. The van der Waals surface area contributed by atoms with Gasteiger partial charge in [0, 0.05) is 0 Å². The number of allylic oxidation sites excluding steroid dienone is 1. The van der Waals surface area contributed by atoms with E-state index in [-0.39, 0.29) is 5.97 Å². The largest absolute Gasteiger partial charge is 0.478 e. The Morgan fingerprint density at radius 1 is 1.00 bits per heavy atom. The first kappa shape index (κ1) is 18.9. The maximum atomic E-state index is 11.1. The van der Waals surface area contributed by atoms with Crippen LogP contribution in [0.4, 0.5) is 0 Å². The van der Waals surface area contributed by atoms with Crippen molar-refractivity contribution in [2.75, 3.05) is 7.11 Å². The highest BCUT2D eigenvalue weighted by Gasteiger charge is 2.07. The second-order valence-electron chi connectivity index (χ2n) is 4.68. The molecular weight excluding hydrogens is 304 g/mol. The highest BCUT2D eigenvalue weighted by molar-refractivity contribution is 5.93. The van der Waals surface area contributed by atoms with Gasteiger partial charge in [-0.25, -0.2) is 9.59 Å². The van der Waals surface area contributed by atoms with Crippen LogP contribution in [0.25, 0.3) is 12.2 Å². The van der Waals surface area contributed by atoms with E-state index in [0.29, 0.717) is 11.1 Å². The first-order chi connectivity index (χ1) is 11.5. The van der Waals surface area contributed by atoms with E-state index < -0.39 is 5.97 Å². The molecule has 0 aromatic heterocycles. The van der Waals surface area contributed by atoms with Gasteiger partial charge in [0.2, 0.25) is 0 Å². The Labute approximate surface area is 141 Å². The van der Waals surface area contributed by atoms with Gasteiger partial charge < -0.3 is 9.84 Å². The summed E-state index contributed by atoms with van der Waals surface area (Å²) in [6, 6.07) is 14.1. The molecule has 0 fully saturated rings. The van der Waals surface area contributed by atoms with E-state index in [0.717, 1.165) is 11.1 Å². The molecule has 0 atom stereocenters. The molecule has 0 saturated carbocycles. The van der Waals surface area contributed by atoms with Crippen molar-refractivity contribution in [1.29, 1.82) is 0 Å². The fourth-order valence-electron chi connectivity index (χ4n) is 1.99. The quantitative estimate of drug-likeness (QED) is 0.839. The fourth-order valence-corrected chi connectivity index (χ4v) is 1.99. The predicted octanol–water partition coefficient (Wildman–Crippen LogP) is 4.53. The summed E-state index contributed by atoms with van der Waals surface area (Å²) in [6.07, 6.45) is 5.23. The first-order valence-electron chi connectivity index (χ1n) is 7.30.